The second kappa shape index (κ2) is 5.64. The molecule has 2 aromatic rings. The van der Waals surface area contributed by atoms with E-state index in [0.29, 0.717) is 0 Å². The van der Waals surface area contributed by atoms with Gasteiger partial charge in [0, 0.05) is 23.3 Å². The highest BCUT2D eigenvalue weighted by Crippen LogP contribution is 2.25. The normalized spacial score (nSPS) is 12.7. The van der Waals surface area contributed by atoms with E-state index in [0.717, 1.165) is 23.5 Å². The Labute approximate surface area is 128 Å². The zero-order valence-electron chi connectivity index (χ0n) is 14.0. The van der Waals surface area contributed by atoms with E-state index in [9.17, 15) is 0 Å². The van der Waals surface area contributed by atoms with E-state index in [1.807, 2.05) is 0 Å². The van der Waals surface area contributed by atoms with Gasteiger partial charge in [0.25, 0.3) is 0 Å². The van der Waals surface area contributed by atoms with Crippen molar-refractivity contribution in [3.8, 4) is 11.3 Å². The van der Waals surface area contributed by atoms with Gasteiger partial charge in [0.05, 0.1) is 5.69 Å². The lowest BCUT2D eigenvalue weighted by atomic mass is 9.86. The number of H-pyrrole nitrogens is 1. The van der Waals surface area contributed by atoms with Crippen LogP contribution in [-0.4, -0.2) is 15.7 Å². The van der Waals surface area contributed by atoms with E-state index < -0.39 is 0 Å². The van der Waals surface area contributed by atoms with E-state index in [-0.39, 0.29) is 11.0 Å². The predicted molar refractivity (Wildman–Crippen MR) is 89.3 cm³/mol. The van der Waals surface area contributed by atoms with Crippen molar-refractivity contribution in [2.24, 2.45) is 0 Å². The maximum absolute atomic E-state index is 4.41. The first-order chi connectivity index (χ1) is 9.65. The first kappa shape index (κ1) is 15.8. The van der Waals surface area contributed by atoms with Gasteiger partial charge < -0.3 is 5.32 Å². The second-order valence-electron chi connectivity index (χ2n) is 7.71. The minimum atomic E-state index is 0.111. The van der Waals surface area contributed by atoms with E-state index in [1.165, 1.54) is 5.56 Å². The van der Waals surface area contributed by atoms with Crippen molar-refractivity contribution in [2.75, 3.05) is 0 Å². The molecule has 3 heteroatoms. The number of nitrogens with one attached hydrogen (secondary N) is 2. The molecule has 0 aliphatic heterocycles. The van der Waals surface area contributed by atoms with Crippen LogP contribution < -0.4 is 5.32 Å². The molecule has 0 saturated heterocycles. The van der Waals surface area contributed by atoms with Crippen LogP contribution in [0.5, 0.6) is 0 Å². The predicted octanol–water partition coefficient (Wildman–Crippen LogP) is 4.26. The minimum absolute atomic E-state index is 0.111. The standard InChI is InChI=1S/C18H27N3/c1-17(2,3)14-9-7-13(8-10-14)16-11-15(20-21-16)12-19-18(4,5)6/h7-11,19H,12H2,1-6H3,(H,20,21). The van der Waals surface area contributed by atoms with Gasteiger partial charge in [-0.25, -0.2) is 0 Å². The summed E-state index contributed by atoms with van der Waals surface area (Å²) in [5, 5.41) is 11.0. The third kappa shape index (κ3) is 4.43. The summed E-state index contributed by atoms with van der Waals surface area (Å²) in [6.45, 7) is 14.0. The maximum Gasteiger partial charge on any atom is 0.0924 e. The Hall–Kier alpha value is -1.61. The summed E-state index contributed by atoms with van der Waals surface area (Å²) in [5.41, 5.74) is 4.91. The van der Waals surface area contributed by atoms with Gasteiger partial charge in [-0.1, -0.05) is 45.0 Å². The summed E-state index contributed by atoms with van der Waals surface area (Å²) in [4.78, 5) is 0. The number of rotatable bonds is 3. The van der Waals surface area contributed by atoms with Crippen LogP contribution in [0, 0.1) is 0 Å². The van der Waals surface area contributed by atoms with Gasteiger partial charge >= 0.3 is 0 Å². The lowest BCUT2D eigenvalue weighted by Crippen LogP contribution is -2.35. The fourth-order valence-electron chi connectivity index (χ4n) is 2.10. The van der Waals surface area contributed by atoms with Crippen LogP contribution in [0.4, 0.5) is 0 Å². The minimum Gasteiger partial charge on any atom is -0.306 e. The van der Waals surface area contributed by atoms with Crippen LogP contribution >= 0.6 is 0 Å². The van der Waals surface area contributed by atoms with Gasteiger partial charge in [-0.2, -0.15) is 5.10 Å². The molecule has 2 rings (SSSR count). The van der Waals surface area contributed by atoms with Crippen LogP contribution in [-0.2, 0) is 12.0 Å². The molecule has 0 fully saturated rings. The highest BCUT2D eigenvalue weighted by molar-refractivity contribution is 5.59. The molecule has 114 valence electrons. The number of hydrogen-bond donors (Lipinski definition) is 2. The van der Waals surface area contributed by atoms with Crippen LogP contribution in [0.2, 0.25) is 0 Å². The second-order valence-corrected chi connectivity index (χ2v) is 7.71. The molecule has 1 aromatic carbocycles. The van der Waals surface area contributed by atoms with Gasteiger partial charge in [-0.15, -0.1) is 0 Å². The fraction of sp³-hybridized carbons (Fsp3) is 0.500. The van der Waals surface area contributed by atoms with E-state index in [2.05, 4.69) is 87.4 Å². The van der Waals surface area contributed by atoms with Crippen molar-refractivity contribution in [3.05, 3.63) is 41.6 Å². The Balaban J connectivity index is 2.11. The monoisotopic (exact) mass is 285 g/mol. The number of nitrogens with zero attached hydrogens (tertiary/aromatic N) is 1. The van der Waals surface area contributed by atoms with Crippen molar-refractivity contribution in [3.63, 3.8) is 0 Å². The summed E-state index contributed by atoms with van der Waals surface area (Å²) in [6, 6.07) is 10.8. The van der Waals surface area contributed by atoms with Crippen LogP contribution in [0.3, 0.4) is 0 Å². The lowest BCUT2D eigenvalue weighted by Gasteiger charge is -2.19. The van der Waals surface area contributed by atoms with E-state index in [4.69, 9.17) is 0 Å². The lowest BCUT2D eigenvalue weighted by molar-refractivity contribution is 0.421. The molecule has 0 amide bonds. The number of hydrogen-bond acceptors (Lipinski definition) is 2. The molecule has 1 aromatic heterocycles. The Bertz CT molecular complexity index is 580. The van der Waals surface area contributed by atoms with Crippen LogP contribution in [0.15, 0.2) is 30.3 Å². The molecule has 0 bridgehead atoms. The molecule has 0 atom stereocenters. The third-order valence-electron chi connectivity index (χ3n) is 3.49. The molecule has 2 N–H and O–H groups in total. The molecule has 1 heterocycles. The molecule has 0 radical (unpaired) electrons. The maximum atomic E-state index is 4.41. The number of benzene rings is 1. The first-order valence-electron chi connectivity index (χ1n) is 7.55. The summed E-state index contributed by atoms with van der Waals surface area (Å²) in [6.07, 6.45) is 0. The Morgan fingerprint density at radius 2 is 1.62 bits per heavy atom. The van der Waals surface area contributed by atoms with Gasteiger partial charge in [-0.05, 0) is 37.8 Å². The fourth-order valence-corrected chi connectivity index (χ4v) is 2.10. The van der Waals surface area contributed by atoms with Gasteiger partial charge in [0.15, 0.2) is 0 Å². The molecule has 0 saturated carbocycles. The Morgan fingerprint density at radius 3 is 2.14 bits per heavy atom. The van der Waals surface area contributed by atoms with Crippen LogP contribution in [0.1, 0.15) is 52.8 Å². The average Bonchev–Trinajstić information content (AvgIpc) is 2.83. The third-order valence-corrected chi connectivity index (χ3v) is 3.49. The zero-order chi connectivity index (χ0) is 15.7. The molecular weight excluding hydrogens is 258 g/mol. The summed E-state index contributed by atoms with van der Waals surface area (Å²) in [7, 11) is 0. The zero-order valence-corrected chi connectivity index (χ0v) is 14.0. The van der Waals surface area contributed by atoms with Crippen molar-refractivity contribution in [2.45, 2.75) is 59.0 Å². The molecule has 21 heavy (non-hydrogen) atoms. The SMILES string of the molecule is CC(C)(C)NCc1cc(-c2ccc(C(C)(C)C)cc2)n[nH]1. The van der Waals surface area contributed by atoms with Crippen LogP contribution in [0.25, 0.3) is 11.3 Å². The van der Waals surface area contributed by atoms with Gasteiger partial charge in [0.2, 0.25) is 0 Å². The first-order valence-corrected chi connectivity index (χ1v) is 7.55. The molecule has 0 aliphatic carbocycles. The highest BCUT2D eigenvalue weighted by atomic mass is 15.1. The molecule has 3 nitrogen and oxygen atoms in total. The molecule has 0 unspecified atom stereocenters. The summed E-state index contributed by atoms with van der Waals surface area (Å²) in [5.74, 6) is 0. The van der Waals surface area contributed by atoms with Crippen molar-refractivity contribution in [1.82, 2.24) is 15.5 Å². The topological polar surface area (TPSA) is 40.7 Å². The largest absolute Gasteiger partial charge is 0.306 e. The van der Waals surface area contributed by atoms with Crippen molar-refractivity contribution in [1.29, 1.82) is 0 Å². The smallest absolute Gasteiger partial charge is 0.0924 e. The van der Waals surface area contributed by atoms with Crippen molar-refractivity contribution < 1.29 is 0 Å². The number of aromatic amines is 1. The van der Waals surface area contributed by atoms with E-state index >= 15 is 0 Å². The Kier molecular flexibility index (Phi) is 4.24. The number of aromatic nitrogens is 2. The summed E-state index contributed by atoms with van der Waals surface area (Å²) >= 11 is 0. The van der Waals surface area contributed by atoms with E-state index in [1.54, 1.807) is 0 Å². The van der Waals surface area contributed by atoms with Gasteiger partial charge in [0.1, 0.15) is 0 Å². The molecule has 0 spiro atoms. The average molecular weight is 285 g/mol. The quantitative estimate of drug-likeness (QED) is 0.884. The molecule has 0 aliphatic rings. The summed E-state index contributed by atoms with van der Waals surface area (Å²) < 4.78 is 0. The highest BCUT2D eigenvalue weighted by Gasteiger charge is 2.14. The Morgan fingerprint density at radius 1 is 1.00 bits per heavy atom. The van der Waals surface area contributed by atoms with Gasteiger partial charge in [-0.3, -0.25) is 5.10 Å². The van der Waals surface area contributed by atoms with Crippen molar-refractivity contribution >= 4 is 0 Å². The molecular formula is C18H27N3.